The highest BCUT2D eigenvalue weighted by atomic mass is 15.3. The molecule has 0 unspecified atom stereocenters. The van der Waals surface area contributed by atoms with Crippen LogP contribution in [0.2, 0.25) is 0 Å². The van der Waals surface area contributed by atoms with Crippen LogP contribution in [0.5, 0.6) is 0 Å². The summed E-state index contributed by atoms with van der Waals surface area (Å²) in [6.07, 6.45) is 8.49. The minimum Gasteiger partial charge on any atom is -0.368 e. The van der Waals surface area contributed by atoms with E-state index in [-0.39, 0.29) is 12.0 Å². The highest BCUT2D eigenvalue weighted by molar-refractivity contribution is 5.98. The zero-order valence-electron chi connectivity index (χ0n) is 12.6. The number of guanidine groups is 1. The van der Waals surface area contributed by atoms with Gasteiger partial charge in [0.05, 0.1) is 23.8 Å². The first-order valence-corrected chi connectivity index (χ1v) is 7.43. The van der Waals surface area contributed by atoms with Gasteiger partial charge in [0.2, 0.25) is 11.9 Å². The second kappa shape index (κ2) is 6.75. The number of hydrogen-bond donors (Lipinski definition) is 2. The lowest BCUT2D eigenvalue weighted by Gasteiger charge is -2.38. The second-order valence-electron chi connectivity index (χ2n) is 5.26. The van der Waals surface area contributed by atoms with E-state index in [0.29, 0.717) is 5.96 Å². The molecule has 1 aliphatic rings. The fourth-order valence-electron chi connectivity index (χ4n) is 2.42. The molecule has 7 heteroatoms. The lowest BCUT2D eigenvalue weighted by molar-refractivity contribution is 0.414. The molecule has 1 aromatic heterocycles. The molecule has 1 fully saturated rings. The Bertz CT molecular complexity index is 714. The third-order valence-electron chi connectivity index (χ3n) is 3.76. The summed E-state index contributed by atoms with van der Waals surface area (Å²) in [4.78, 5) is 14.6. The van der Waals surface area contributed by atoms with Gasteiger partial charge < -0.3 is 10.6 Å². The molecule has 0 bridgehead atoms. The van der Waals surface area contributed by atoms with Crippen molar-refractivity contribution in [3.8, 4) is 6.19 Å². The van der Waals surface area contributed by atoms with Gasteiger partial charge in [-0.3, -0.25) is 5.32 Å². The topological polar surface area (TPSA) is 103 Å². The van der Waals surface area contributed by atoms with Crippen LogP contribution in [0.1, 0.15) is 19.3 Å². The van der Waals surface area contributed by atoms with Crippen molar-refractivity contribution in [1.29, 1.82) is 5.26 Å². The van der Waals surface area contributed by atoms with Crippen LogP contribution in [0.4, 0.5) is 17.3 Å². The molecule has 23 heavy (non-hydrogen) atoms. The van der Waals surface area contributed by atoms with Crippen molar-refractivity contribution < 1.29 is 0 Å². The van der Waals surface area contributed by atoms with Crippen LogP contribution in [0.15, 0.2) is 47.7 Å². The maximum Gasteiger partial charge on any atom is 0.220 e. The van der Waals surface area contributed by atoms with Crippen LogP contribution in [0.25, 0.3) is 0 Å². The predicted molar refractivity (Wildman–Crippen MR) is 88.8 cm³/mol. The molecule has 7 nitrogen and oxygen atoms in total. The van der Waals surface area contributed by atoms with Crippen LogP contribution in [0.3, 0.4) is 0 Å². The Labute approximate surface area is 134 Å². The van der Waals surface area contributed by atoms with Gasteiger partial charge in [-0.25, -0.2) is 15.0 Å². The highest BCUT2D eigenvalue weighted by Crippen LogP contribution is 2.29. The average molecular weight is 307 g/mol. The normalized spacial score (nSPS) is 14.7. The van der Waals surface area contributed by atoms with Gasteiger partial charge in [-0.2, -0.15) is 5.26 Å². The van der Waals surface area contributed by atoms with E-state index in [2.05, 4.69) is 20.3 Å². The summed E-state index contributed by atoms with van der Waals surface area (Å²) in [7, 11) is 0. The maximum absolute atomic E-state index is 9.11. The molecule has 1 saturated carbocycles. The number of nitriles is 1. The monoisotopic (exact) mass is 307 g/mol. The van der Waals surface area contributed by atoms with Crippen molar-refractivity contribution in [1.82, 2.24) is 15.3 Å². The molecule has 0 atom stereocenters. The van der Waals surface area contributed by atoms with Gasteiger partial charge in [0.15, 0.2) is 6.19 Å². The van der Waals surface area contributed by atoms with Crippen LogP contribution < -0.4 is 16.0 Å². The van der Waals surface area contributed by atoms with E-state index >= 15 is 0 Å². The van der Waals surface area contributed by atoms with Crippen LogP contribution in [-0.4, -0.2) is 22.0 Å². The number of nitrogens with zero attached hydrogens (tertiary/aromatic N) is 5. The summed E-state index contributed by atoms with van der Waals surface area (Å²) < 4.78 is 0. The van der Waals surface area contributed by atoms with Gasteiger partial charge in [-0.1, -0.05) is 18.2 Å². The summed E-state index contributed by atoms with van der Waals surface area (Å²) in [6, 6.07) is 9.78. The fraction of sp³-hybridized carbons (Fsp3) is 0.250. The third kappa shape index (κ3) is 3.37. The van der Waals surface area contributed by atoms with Crippen molar-refractivity contribution in [2.24, 2.45) is 4.99 Å². The second-order valence-corrected chi connectivity index (χ2v) is 5.26. The van der Waals surface area contributed by atoms with Gasteiger partial charge in [0.25, 0.3) is 0 Å². The fourth-order valence-corrected chi connectivity index (χ4v) is 2.42. The summed E-state index contributed by atoms with van der Waals surface area (Å²) >= 11 is 0. The highest BCUT2D eigenvalue weighted by Gasteiger charge is 2.29. The number of benzene rings is 1. The summed E-state index contributed by atoms with van der Waals surface area (Å²) in [5.41, 5.74) is 7.10. The molecular formula is C16H17N7. The van der Waals surface area contributed by atoms with Crippen molar-refractivity contribution in [2.45, 2.75) is 25.3 Å². The number of aliphatic imine (C=N–C) groups is 1. The lowest BCUT2D eigenvalue weighted by Crippen LogP contribution is -2.49. The minimum atomic E-state index is 0.220. The van der Waals surface area contributed by atoms with E-state index < -0.39 is 0 Å². The number of para-hydroxylation sites is 1. The predicted octanol–water partition coefficient (Wildman–Crippen LogP) is 2.18. The molecule has 0 spiro atoms. The van der Waals surface area contributed by atoms with E-state index in [1.54, 1.807) is 12.4 Å². The molecule has 1 aromatic carbocycles. The van der Waals surface area contributed by atoms with E-state index in [1.165, 1.54) is 0 Å². The number of nitrogen functional groups attached to an aromatic ring is 1. The number of nitrogens with one attached hydrogen (secondary N) is 1. The molecule has 0 saturated heterocycles. The number of nitrogens with two attached hydrogens (primary N) is 1. The first-order chi connectivity index (χ1) is 11.3. The number of aromatic nitrogens is 2. The first kappa shape index (κ1) is 14.8. The SMILES string of the molecule is N#CNC(=Nc1ccccc1)N(c1cnc(N)nc1)C1CCC1. The molecule has 1 heterocycles. The van der Waals surface area contributed by atoms with Gasteiger partial charge in [0, 0.05) is 6.04 Å². The largest absolute Gasteiger partial charge is 0.368 e. The van der Waals surface area contributed by atoms with Crippen LogP contribution in [-0.2, 0) is 0 Å². The zero-order chi connectivity index (χ0) is 16.1. The first-order valence-electron chi connectivity index (χ1n) is 7.43. The summed E-state index contributed by atoms with van der Waals surface area (Å²) in [5.74, 6) is 0.689. The summed E-state index contributed by atoms with van der Waals surface area (Å²) in [6.45, 7) is 0. The van der Waals surface area contributed by atoms with Crippen molar-refractivity contribution in [3.05, 3.63) is 42.7 Å². The Morgan fingerprint density at radius 2 is 1.96 bits per heavy atom. The van der Waals surface area contributed by atoms with Crippen molar-refractivity contribution >= 4 is 23.3 Å². The Kier molecular flexibility index (Phi) is 4.34. The Balaban J connectivity index is 1.99. The summed E-state index contributed by atoms with van der Waals surface area (Å²) in [5, 5.41) is 11.8. The van der Waals surface area contributed by atoms with Crippen LogP contribution in [0, 0.1) is 11.5 Å². The number of anilines is 2. The van der Waals surface area contributed by atoms with Gasteiger partial charge in [-0.05, 0) is 31.4 Å². The number of rotatable bonds is 3. The van der Waals surface area contributed by atoms with Crippen LogP contribution >= 0.6 is 0 Å². The molecule has 0 aliphatic heterocycles. The Morgan fingerprint density at radius 1 is 1.26 bits per heavy atom. The number of hydrogen-bond acceptors (Lipinski definition) is 5. The average Bonchev–Trinajstić information content (AvgIpc) is 2.52. The Hall–Kier alpha value is -3.14. The Morgan fingerprint density at radius 3 is 2.52 bits per heavy atom. The van der Waals surface area contributed by atoms with Gasteiger partial charge >= 0.3 is 0 Å². The maximum atomic E-state index is 9.11. The molecule has 2 aromatic rings. The van der Waals surface area contributed by atoms with Crippen molar-refractivity contribution in [3.63, 3.8) is 0 Å². The quantitative estimate of drug-likeness (QED) is 0.390. The minimum absolute atomic E-state index is 0.220. The molecule has 3 rings (SSSR count). The molecule has 3 N–H and O–H groups in total. The molecular weight excluding hydrogens is 290 g/mol. The van der Waals surface area contributed by atoms with E-state index in [9.17, 15) is 0 Å². The van der Waals surface area contributed by atoms with Crippen molar-refractivity contribution in [2.75, 3.05) is 10.6 Å². The lowest BCUT2D eigenvalue weighted by atomic mass is 9.91. The zero-order valence-corrected chi connectivity index (χ0v) is 12.6. The molecule has 116 valence electrons. The molecule has 0 radical (unpaired) electrons. The van der Waals surface area contributed by atoms with E-state index in [1.807, 2.05) is 41.4 Å². The smallest absolute Gasteiger partial charge is 0.220 e. The van der Waals surface area contributed by atoms with E-state index in [4.69, 9.17) is 11.0 Å². The van der Waals surface area contributed by atoms with Gasteiger partial charge in [-0.15, -0.1) is 0 Å². The molecule has 1 aliphatic carbocycles. The standard InChI is InChI=1S/C16H17N7/c17-11-21-16(22-12-5-2-1-3-6-12)23(13-7-4-8-13)14-9-19-15(18)20-10-14/h1-3,5-6,9-10,13H,4,7-8H2,(H,21,22)(H2,18,19,20). The van der Waals surface area contributed by atoms with E-state index in [0.717, 1.165) is 30.6 Å². The third-order valence-corrected chi connectivity index (χ3v) is 3.76. The molecule has 0 amide bonds. The van der Waals surface area contributed by atoms with Gasteiger partial charge in [0.1, 0.15) is 0 Å².